The van der Waals surface area contributed by atoms with E-state index in [4.69, 9.17) is 0 Å². The van der Waals surface area contributed by atoms with Crippen molar-refractivity contribution >= 4 is 0 Å². The second-order valence-electron chi connectivity index (χ2n) is 7.51. The fraction of sp³-hybridized carbons (Fsp3) is 0.304. The highest BCUT2D eigenvalue weighted by atomic mass is 15.0. The highest BCUT2D eigenvalue weighted by molar-refractivity contribution is 5.66. The second-order valence-corrected chi connectivity index (χ2v) is 7.51. The third kappa shape index (κ3) is 3.17. The first-order chi connectivity index (χ1) is 11.4. The van der Waals surface area contributed by atoms with Gasteiger partial charge in [0.1, 0.15) is 0 Å². The van der Waals surface area contributed by atoms with E-state index in [1.54, 1.807) is 0 Å². The molecule has 0 bridgehead atoms. The zero-order valence-corrected chi connectivity index (χ0v) is 15.0. The van der Waals surface area contributed by atoms with Gasteiger partial charge in [0.25, 0.3) is 0 Å². The monoisotopic (exact) mass is 317 g/mol. The van der Waals surface area contributed by atoms with Gasteiger partial charge < -0.3 is 5.32 Å². The molecule has 0 aliphatic carbocycles. The topological polar surface area (TPSA) is 12.0 Å². The summed E-state index contributed by atoms with van der Waals surface area (Å²) in [5.74, 6) is 0.669. The van der Waals surface area contributed by atoms with Crippen LogP contribution >= 0.6 is 0 Å². The molecule has 3 rings (SSSR count). The standard InChI is InChI=1S/C23H27N/c1-16(2)12-19-8-6-9-20(14-19)21-10-7-11-22(15-21)23(5)17(3)13-18(4)24-23/h6-11,14-16,24H,3-4,12-13H2,1-2,5H3. The van der Waals surface area contributed by atoms with E-state index in [-0.39, 0.29) is 5.54 Å². The van der Waals surface area contributed by atoms with E-state index in [2.05, 4.69) is 87.8 Å². The molecule has 124 valence electrons. The first kappa shape index (κ1) is 16.6. The van der Waals surface area contributed by atoms with Crippen molar-refractivity contribution in [2.45, 2.75) is 39.2 Å². The molecule has 0 aromatic heterocycles. The molecule has 1 fully saturated rings. The van der Waals surface area contributed by atoms with E-state index >= 15 is 0 Å². The largest absolute Gasteiger partial charge is 0.376 e. The highest BCUT2D eigenvalue weighted by Gasteiger charge is 2.35. The van der Waals surface area contributed by atoms with Gasteiger partial charge in [-0.2, -0.15) is 0 Å². The van der Waals surface area contributed by atoms with Crippen LogP contribution in [0.1, 0.15) is 38.3 Å². The molecule has 1 aliphatic heterocycles. The lowest BCUT2D eigenvalue weighted by Crippen LogP contribution is -2.33. The van der Waals surface area contributed by atoms with E-state index in [1.165, 1.54) is 27.8 Å². The van der Waals surface area contributed by atoms with Gasteiger partial charge in [0.2, 0.25) is 0 Å². The first-order valence-corrected chi connectivity index (χ1v) is 8.72. The Balaban J connectivity index is 1.97. The molecule has 1 heteroatoms. The summed E-state index contributed by atoms with van der Waals surface area (Å²) in [7, 11) is 0. The van der Waals surface area contributed by atoms with Gasteiger partial charge in [-0.3, -0.25) is 0 Å². The van der Waals surface area contributed by atoms with Gasteiger partial charge in [-0.25, -0.2) is 0 Å². The number of allylic oxidation sites excluding steroid dienone is 1. The Morgan fingerprint density at radius 1 is 1.04 bits per heavy atom. The predicted molar refractivity (Wildman–Crippen MR) is 104 cm³/mol. The van der Waals surface area contributed by atoms with Gasteiger partial charge in [-0.1, -0.05) is 69.5 Å². The predicted octanol–water partition coefficient (Wildman–Crippen LogP) is 5.83. The van der Waals surface area contributed by atoms with Crippen LogP contribution in [0.3, 0.4) is 0 Å². The van der Waals surface area contributed by atoms with Crippen LogP contribution in [-0.4, -0.2) is 0 Å². The Bertz CT molecular complexity index is 784. The van der Waals surface area contributed by atoms with E-state index in [1.807, 2.05) is 0 Å². The molecule has 2 aromatic rings. The average Bonchev–Trinajstić information content (AvgIpc) is 2.81. The minimum absolute atomic E-state index is 0.220. The molecule has 1 N–H and O–H groups in total. The number of hydrogen-bond donors (Lipinski definition) is 1. The third-order valence-electron chi connectivity index (χ3n) is 4.90. The van der Waals surface area contributed by atoms with E-state index in [9.17, 15) is 0 Å². The van der Waals surface area contributed by atoms with Crippen LogP contribution in [0.4, 0.5) is 0 Å². The van der Waals surface area contributed by atoms with E-state index in [0.29, 0.717) is 5.92 Å². The molecule has 1 unspecified atom stereocenters. The Kier molecular flexibility index (Phi) is 4.36. The third-order valence-corrected chi connectivity index (χ3v) is 4.90. The molecule has 1 aliphatic rings. The van der Waals surface area contributed by atoms with Crippen LogP contribution in [-0.2, 0) is 12.0 Å². The lowest BCUT2D eigenvalue weighted by molar-refractivity contribution is 0.529. The van der Waals surface area contributed by atoms with Crippen LogP contribution in [0.15, 0.2) is 73.0 Å². The SMILES string of the molecule is C=C1CC(=C)C(C)(c2cccc(-c3cccc(CC(C)C)c3)c2)N1. The van der Waals surface area contributed by atoms with Crippen molar-refractivity contribution in [2.75, 3.05) is 0 Å². The fourth-order valence-corrected chi connectivity index (χ4v) is 3.56. The molecule has 24 heavy (non-hydrogen) atoms. The van der Waals surface area contributed by atoms with Crippen molar-refractivity contribution in [3.05, 3.63) is 84.1 Å². The van der Waals surface area contributed by atoms with Crippen LogP contribution < -0.4 is 5.32 Å². The fourth-order valence-electron chi connectivity index (χ4n) is 3.56. The molecule has 2 aromatic carbocycles. The smallest absolute Gasteiger partial charge is 0.0809 e. The second kappa shape index (κ2) is 6.32. The minimum Gasteiger partial charge on any atom is -0.376 e. The maximum atomic E-state index is 4.26. The Hall–Kier alpha value is -2.28. The average molecular weight is 317 g/mol. The van der Waals surface area contributed by atoms with Crippen LogP contribution in [0, 0.1) is 5.92 Å². The summed E-state index contributed by atoms with van der Waals surface area (Å²) in [6.45, 7) is 15.1. The van der Waals surface area contributed by atoms with Gasteiger partial charge in [0.15, 0.2) is 0 Å². The molecule has 0 amide bonds. The summed E-state index contributed by atoms with van der Waals surface area (Å²) in [6.07, 6.45) is 1.97. The molecule has 1 atom stereocenters. The summed E-state index contributed by atoms with van der Waals surface area (Å²) in [5, 5.41) is 3.52. The van der Waals surface area contributed by atoms with Crippen molar-refractivity contribution in [3.63, 3.8) is 0 Å². The number of rotatable bonds is 4. The summed E-state index contributed by atoms with van der Waals surface area (Å²) in [5.41, 5.74) is 7.19. The van der Waals surface area contributed by atoms with Crippen LogP contribution in [0.25, 0.3) is 11.1 Å². The van der Waals surface area contributed by atoms with Crippen molar-refractivity contribution < 1.29 is 0 Å². The lowest BCUT2D eigenvalue weighted by Gasteiger charge is -2.27. The maximum Gasteiger partial charge on any atom is 0.0809 e. The van der Waals surface area contributed by atoms with Gasteiger partial charge in [0, 0.05) is 12.1 Å². The van der Waals surface area contributed by atoms with E-state index < -0.39 is 0 Å². The highest BCUT2D eigenvalue weighted by Crippen LogP contribution is 2.39. The molecule has 1 heterocycles. The summed E-state index contributed by atoms with van der Waals surface area (Å²) in [4.78, 5) is 0. The molecular formula is C23H27N. The number of benzene rings is 2. The van der Waals surface area contributed by atoms with E-state index in [0.717, 1.165) is 18.5 Å². The summed E-state index contributed by atoms with van der Waals surface area (Å²) >= 11 is 0. The Labute approximate surface area is 146 Å². The molecule has 1 saturated heterocycles. The number of nitrogens with one attached hydrogen (secondary N) is 1. The molecular weight excluding hydrogens is 290 g/mol. The maximum absolute atomic E-state index is 4.26. The zero-order valence-electron chi connectivity index (χ0n) is 15.0. The van der Waals surface area contributed by atoms with Crippen molar-refractivity contribution in [1.29, 1.82) is 0 Å². The van der Waals surface area contributed by atoms with Gasteiger partial charge in [-0.05, 0) is 53.2 Å². The Morgan fingerprint density at radius 2 is 1.71 bits per heavy atom. The van der Waals surface area contributed by atoms with Crippen molar-refractivity contribution in [2.24, 2.45) is 5.92 Å². The van der Waals surface area contributed by atoms with Crippen molar-refractivity contribution in [3.8, 4) is 11.1 Å². The summed E-state index contributed by atoms with van der Waals surface area (Å²) < 4.78 is 0. The minimum atomic E-state index is -0.220. The van der Waals surface area contributed by atoms with Crippen molar-refractivity contribution in [1.82, 2.24) is 5.32 Å². The van der Waals surface area contributed by atoms with Gasteiger partial charge >= 0.3 is 0 Å². The van der Waals surface area contributed by atoms with Gasteiger partial charge in [0.05, 0.1) is 5.54 Å². The normalized spacial score (nSPS) is 20.5. The van der Waals surface area contributed by atoms with Gasteiger partial charge in [-0.15, -0.1) is 0 Å². The summed E-state index contributed by atoms with van der Waals surface area (Å²) in [6, 6.07) is 17.7. The zero-order chi connectivity index (χ0) is 17.3. The molecule has 0 spiro atoms. The van der Waals surface area contributed by atoms with Crippen LogP contribution in [0.5, 0.6) is 0 Å². The molecule has 0 saturated carbocycles. The Morgan fingerprint density at radius 3 is 2.33 bits per heavy atom. The first-order valence-electron chi connectivity index (χ1n) is 8.72. The lowest BCUT2D eigenvalue weighted by atomic mass is 9.85. The molecule has 0 radical (unpaired) electrons. The quantitative estimate of drug-likeness (QED) is 0.699. The van der Waals surface area contributed by atoms with Crippen LogP contribution in [0.2, 0.25) is 0 Å². The number of hydrogen-bond acceptors (Lipinski definition) is 1. The molecule has 1 nitrogen and oxygen atoms in total.